The molecule has 1 saturated heterocycles. The first-order valence-corrected chi connectivity index (χ1v) is 9.49. The summed E-state index contributed by atoms with van der Waals surface area (Å²) < 4.78 is 10.3. The van der Waals surface area contributed by atoms with E-state index in [1.165, 1.54) is 0 Å². The number of amides is 1. The Morgan fingerprint density at radius 3 is 2.27 bits per heavy atom. The summed E-state index contributed by atoms with van der Waals surface area (Å²) in [5.41, 5.74) is 5.30. The van der Waals surface area contributed by atoms with Gasteiger partial charge in [-0.15, -0.1) is 0 Å². The van der Waals surface area contributed by atoms with Gasteiger partial charge in [0.1, 0.15) is 42.7 Å². The predicted molar refractivity (Wildman–Crippen MR) is 98.7 cm³/mol. The molecule has 1 amide bonds. The zero-order valence-electron chi connectivity index (χ0n) is 16.3. The number of ether oxygens (including phenoxy) is 2. The number of carbonyl (C=O) groups excluding carboxylic acids is 1. The highest BCUT2D eigenvalue weighted by Gasteiger charge is 2.47. The van der Waals surface area contributed by atoms with Crippen molar-refractivity contribution >= 4 is 5.91 Å². The van der Waals surface area contributed by atoms with Gasteiger partial charge >= 0.3 is 0 Å². The number of rotatable bonds is 13. The number of hydrogen-bond donors (Lipinski definition) is 11. The number of nitrogens with one attached hydrogen (secondary N) is 2. The van der Waals surface area contributed by atoms with Crippen molar-refractivity contribution in [1.29, 1.82) is 0 Å². The number of hydrogen-bond acceptors (Lipinski definition) is 13. The minimum Gasteiger partial charge on any atom is -0.394 e. The summed E-state index contributed by atoms with van der Waals surface area (Å²) in [6, 6.07) is 0. The Labute approximate surface area is 172 Å². The summed E-state index contributed by atoms with van der Waals surface area (Å²) in [7, 11) is 0. The largest absolute Gasteiger partial charge is 0.394 e. The van der Waals surface area contributed by atoms with Gasteiger partial charge in [-0.25, -0.2) is 0 Å². The van der Waals surface area contributed by atoms with Crippen LogP contribution in [0.25, 0.3) is 0 Å². The molecule has 1 rings (SSSR count). The third kappa shape index (κ3) is 7.30. The maximum absolute atomic E-state index is 12.0. The minimum absolute atomic E-state index is 0.101. The van der Waals surface area contributed by atoms with Crippen LogP contribution in [0.3, 0.4) is 0 Å². The zero-order valence-corrected chi connectivity index (χ0v) is 16.3. The molecule has 1 aliphatic rings. The molecule has 9 atom stereocenters. The fourth-order valence-corrected chi connectivity index (χ4v) is 2.78. The maximum Gasteiger partial charge on any atom is 0.251 e. The highest BCUT2D eigenvalue weighted by atomic mass is 16.7. The number of aliphatic hydroxyl groups is 8. The molecule has 12 N–H and O–H groups in total. The van der Waals surface area contributed by atoms with Crippen LogP contribution in [-0.2, 0) is 14.3 Å². The average Bonchev–Trinajstić information content (AvgIpc) is 2.75. The fraction of sp³-hybridized carbons (Fsp3) is 0.938. The molecule has 0 bridgehead atoms. The van der Waals surface area contributed by atoms with Crippen molar-refractivity contribution in [3.63, 3.8) is 0 Å². The first kappa shape index (κ1) is 27.0. The lowest BCUT2D eigenvalue weighted by Gasteiger charge is -2.42. The summed E-state index contributed by atoms with van der Waals surface area (Å²) in [4.78, 5) is 12.0. The molecule has 1 fully saturated rings. The lowest BCUT2D eigenvalue weighted by atomic mass is 9.98. The van der Waals surface area contributed by atoms with Crippen molar-refractivity contribution in [3.8, 4) is 0 Å². The van der Waals surface area contributed by atoms with Gasteiger partial charge in [-0.3, -0.25) is 4.79 Å². The van der Waals surface area contributed by atoms with Crippen LogP contribution in [0, 0.1) is 0 Å². The van der Waals surface area contributed by atoms with E-state index in [2.05, 4.69) is 10.6 Å². The standard InChI is InChI=1S/C16H33N3O11/c17-1-2-18-3-4-19-15(28)12(26)11(25)14(7(22)5-20)30-16-13(27)10(24)9(23)8(6-21)29-16/h7-14,16,18,20-27H,1-6,17H2,(H,19,28)/t7?,8?,9-,10-,11?,12?,13?,14?,16-/m0/s1. The molecule has 0 aromatic rings. The first-order chi connectivity index (χ1) is 14.2. The fourth-order valence-electron chi connectivity index (χ4n) is 2.78. The van der Waals surface area contributed by atoms with Gasteiger partial charge in [0, 0.05) is 26.2 Å². The van der Waals surface area contributed by atoms with E-state index in [4.69, 9.17) is 15.2 Å². The third-order valence-corrected chi connectivity index (χ3v) is 4.56. The van der Waals surface area contributed by atoms with Gasteiger partial charge < -0.3 is 66.7 Å². The molecule has 6 unspecified atom stereocenters. The highest BCUT2D eigenvalue weighted by Crippen LogP contribution is 2.25. The molecule has 0 aliphatic carbocycles. The second-order valence-corrected chi connectivity index (χ2v) is 6.81. The Hall–Kier alpha value is -1.01. The van der Waals surface area contributed by atoms with Crippen LogP contribution in [0.1, 0.15) is 0 Å². The Bertz CT molecular complexity index is 501. The topological polar surface area (TPSA) is 247 Å². The lowest BCUT2D eigenvalue weighted by Crippen LogP contribution is -2.62. The molecule has 0 spiro atoms. The molecule has 0 aromatic carbocycles. The molecule has 0 radical (unpaired) electrons. The summed E-state index contributed by atoms with van der Waals surface area (Å²) in [5.74, 6) is -0.996. The second-order valence-electron chi connectivity index (χ2n) is 6.81. The molecule has 14 heteroatoms. The number of nitrogens with two attached hydrogens (primary N) is 1. The van der Waals surface area contributed by atoms with Crippen molar-refractivity contribution in [3.05, 3.63) is 0 Å². The van der Waals surface area contributed by atoms with E-state index in [0.29, 0.717) is 19.6 Å². The summed E-state index contributed by atoms with van der Waals surface area (Å²) in [6.07, 6.45) is -16.2. The molecule has 0 saturated carbocycles. The SMILES string of the molecule is NCCNCCNC(=O)C(O)C(O)C(O[C@@H]1OC(CO)[C@H](O)[C@H](O)C1O)C(O)CO. The second kappa shape index (κ2) is 13.4. The third-order valence-electron chi connectivity index (χ3n) is 4.56. The molecule has 1 heterocycles. The Morgan fingerprint density at radius 2 is 1.70 bits per heavy atom. The predicted octanol–water partition coefficient (Wildman–Crippen LogP) is -7.09. The molecule has 1 aliphatic heterocycles. The van der Waals surface area contributed by atoms with Gasteiger partial charge in [0.2, 0.25) is 0 Å². The van der Waals surface area contributed by atoms with Crippen molar-refractivity contribution in [1.82, 2.24) is 10.6 Å². The van der Waals surface area contributed by atoms with Crippen molar-refractivity contribution < 1.29 is 55.1 Å². The Morgan fingerprint density at radius 1 is 1.03 bits per heavy atom. The number of carbonyl (C=O) groups is 1. The van der Waals surface area contributed by atoms with Gasteiger partial charge in [0.25, 0.3) is 5.91 Å². The number of aliphatic hydroxyl groups excluding tert-OH is 8. The van der Waals surface area contributed by atoms with E-state index in [1.807, 2.05) is 0 Å². The Balaban J connectivity index is 2.79. The smallest absolute Gasteiger partial charge is 0.251 e. The van der Waals surface area contributed by atoms with Crippen LogP contribution in [-0.4, -0.2) is 141 Å². The van der Waals surface area contributed by atoms with Crippen molar-refractivity contribution in [2.45, 2.75) is 55.1 Å². The van der Waals surface area contributed by atoms with Crippen LogP contribution >= 0.6 is 0 Å². The van der Waals surface area contributed by atoms with Crippen LogP contribution < -0.4 is 16.4 Å². The van der Waals surface area contributed by atoms with Crippen LogP contribution in [0.5, 0.6) is 0 Å². The van der Waals surface area contributed by atoms with E-state index in [0.717, 1.165) is 0 Å². The van der Waals surface area contributed by atoms with Gasteiger partial charge in [-0.2, -0.15) is 0 Å². The van der Waals surface area contributed by atoms with Gasteiger partial charge in [0.05, 0.1) is 13.2 Å². The Kier molecular flexibility index (Phi) is 12.1. The van der Waals surface area contributed by atoms with E-state index in [9.17, 15) is 45.6 Å². The van der Waals surface area contributed by atoms with E-state index in [-0.39, 0.29) is 6.54 Å². The maximum atomic E-state index is 12.0. The summed E-state index contributed by atoms with van der Waals surface area (Å²) in [6.45, 7) is -0.344. The average molecular weight is 443 g/mol. The molecular weight excluding hydrogens is 410 g/mol. The van der Waals surface area contributed by atoms with Gasteiger partial charge in [-0.1, -0.05) is 0 Å². The van der Waals surface area contributed by atoms with Crippen LogP contribution in [0.15, 0.2) is 0 Å². The molecular formula is C16H33N3O11. The van der Waals surface area contributed by atoms with E-state index >= 15 is 0 Å². The van der Waals surface area contributed by atoms with Gasteiger partial charge in [0.15, 0.2) is 12.4 Å². The van der Waals surface area contributed by atoms with Crippen molar-refractivity contribution in [2.24, 2.45) is 5.73 Å². The highest BCUT2D eigenvalue weighted by molar-refractivity contribution is 5.81. The van der Waals surface area contributed by atoms with E-state index < -0.39 is 74.2 Å². The van der Waals surface area contributed by atoms with Crippen molar-refractivity contribution in [2.75, 3.05) is 39.4 Å². The van der Waals surface area contributed by atoms with Crippen LogP contribution in [0.4, 0.5) is 0 Å². The normalized spacial score (nSPS) is 31.0. The molecule has 30 heavy (non-hydrogen) atoms. The van der Waals surface area contributed by atoms with E-state index in [1.54, 1.807) is 0 Å². The summed E-state index contributed by atoms with van der Waals surface area (Å²) >= 11 is 0. The first-order valence-electron chi connectivity index (χ1n) is 9.49. The molecule has 14 nitrogen and oxygen atoms in total. The monoisotopic (exact) mass is 443 g/mol. The minimum atomic E-state index is -2.09. The molecule has 0 aromatic heterocycles. The quantitative estimate of drug-likeness (QED) is 0.119. The zero-order chi connectivity index (χ0) is 22.8. The summed E-state index contributed by atoms with van der Waals surface area (Å²) in [5, 5.41) is 83.6. The lowest BCUT2D eigenvalue weighted by molar-refractivity contribution is -0.326. The molecule has 178 valence electrons. The van der Waals surface area contributed by atoms with Crippen LogP contribution in [0.2, 0.25) is 0 Å². The van der Waals surface area contributed by atoms with Gasteiger partial charge in [-0.05, 0) is 0 Å².